The molecule has 2 aliphatic heterocycles. The molecule has 158 valence electrons. The number of hydrogen-bond acceptors (Lipinski definition) is 5. The highest BCUT2D eigenvalue weighted by molar-refractivity contribution is 5.82. The fourth-order valence-corrected chi connectivity index (χ4v) is 4.70. The predicted octanol–water partition coefficient (Wildman–Crippen LogP) is 3.14. The molecular formula is C22H30N2O5. The minimum absolute atomic E-state index is 0.0367. The Balaban J connectivity index is 1.52. The van der Waals surface area contributed by atoms with Crippen molar-refractivity contribution in [2.75, 3.05) is 26.3 Å². The van der Waals surface area contributed by atoms with Gasteiger partial charge in [0.25, 0.3) is 0 Å². The number of alkyl carbamates (subject to hydrolysis) is 1. The van der Waals surface area contributed by atoms with Gasteiger partial charge in [-0.1, -0.05) is 12.8 Å². The predicted molar refractivity (Wildman–Crippen MR) is 107 cm³/mol. The number of carbonyl (C=O) groups excluding carboxylic acids is 2. The Morgan fingerprint density at radius 2 is 1.79 bits per heavy atom. The zero-order chi connectivity index (χ0) is 20.6. The fraction of sp³-hybridized carbons (Fsp3) is 0.636. The lowest BCUT2D eigenvalue weighted by Crippen LogP contribution is -2.50. The number of carbonyl (C=O) groups is 2. The molecule has 0 atom stereocenters. The summed E-state index contributed by atoms with van der Waals surface area (Å²) < 4.78 is 16.8. The van der Waals surface area contributed by atoms with Gasteiger partial charge in [0, 0.05) is 18.5 Å². The van der Waals surface area contributed by atoms with E-state index >= 15 is 0 Å². The Hall–Kier alpha value is -2.44. The van der Waals surface area contributed by atoms with Gasteiger partial charge < -0.3 is 24.4 Å². The number of rotatable bonds is 2. The quantitative estimate of drug-likeness (QED) is 0.822. The van der Waals surface area contributed by atoms with E-state index in [1.165, 1.54) is 5.56 Å². The van der Waals surface area contributed by atoms with Crippen molar-refractivity contribution >= 4 is 12.0 Å². The molecule has 1 aromatic rings. The first-order valence-electron chi connectivity index (χ1n) is 10.4. The van der Waals surface area contributed by atoms with Crippen molar-refractivity contribution in [2.45, 2.75) is 64.0 Å². The number of ether oxygens (including phenoxy) is 3. The van der Waals surface area contributed by atoms with E-state index in [-0.39, 0.29) is 17.9 Å². The number of nitrogens with zero attached hydrogens (tertiary/aromatic N) is 1. The van der Waals surface area contributed by atoms with Crippen molar-refractivity contribution in [3.05, 3.63) is 23.3 Å². The Labute approximate surface area is 171 Å². The second-order valence-electron chi connectivity index (χ2n) is 9.25. The summed E-state index contributed by atoms with van der Waals surface area (Å²) in [5.41, 5.74) is 1.79. The van der Waals surface area contributed by atoms with Crippen molar-refractivity contribution < 1.29 is 23.8 Å². The third kappa shape index (κ3) is 4.14. The molecule has 0 radical (unpaired) electrons. The van der Waals surface area contributed by atoms with Crippen molar-refractivity contribution in [1.82, 2.24) is 10.2 Å². The first-order valence-corrected chi connectivity index (χ1v) is 10.4. The topological polar surface area (TPSA) is 77.1 Å². The molecule has 1 N–H and O–H groups in total. The summed E-state index contributed by atoms with van der Waals surface area (Å²) in [5, 5.41) is 2.59. The highest BCUT2D eigenvalue weighted by Crippen LogP contribution is 2.49. The van der Waals surface area contributed by atoms with Crippen molar-refractivity contribution in [1.29, 1.82) is 0 Å². The normalized spacial score (nSPS) is 19.6. The minimum Gasteiger partial charge on any atom is -0.486 e. The lowest BCUT2D eigenvalue weighted by Gasteiger charge is -2.43. The molecule has 4 rings (SSSR count). The summed E-state index contributed by atoms with van der Waals surface area (Å²) in [5.74, 6) is 1.47. The number of nitrogens with one attached hydrogen (secondary N) is 1. The summed E-state index contributed by atoms with van der Waals surface area (Å²) in [7, 11) is 0. The van der Waals surface area contributed by atoms with Gasteiger partial charge in [0.15, 0.2) is 11.5 Å². The van der Waals surface area contributed by atoms with Crippen LogP contribution < -0.4 is 14.8 Å². The first kappa shape index (κ1) is 19.9. The average molecular weight is 402 g/mol. The van der Waals surface area contributed by atoms with Crippen molar-refractivity contribution in [3.8, 4) is 11.5 Å². The highest BCUT2D eigenvalue weighted by atomic mass is 16.6. The highest BCUT2D eigenvalue weighted by Gasteiger charge is 2.43. The maximum Gasteiger partial charge on any atom is 0.408 e. The summed E-state index contributed by atoms with van der Waals surface area (Å²) in [6.45, 7) is 7.63. The van der Waals surface area contributed by atoms with Gasteiger partial charge >= 0.3 is 6.09 Å². The van der Waals surface area contributed by atoms with Crippen LogP contribution >= 0.6 is 0 Å². The molecule has 3 aliphatic rings. The zero-order valence-corrected chi connectivity index (χ0v) is 17.5. The van der Waals surface area contributed by atoms with Crippen molar-refractivity contribution in [3.63, 3.8) is 0 Å². The lowest BCUT2D eigenvalue weighted by atomic mass is 9.73. The third-order valence-electron chi connectivity index (χ3n) is 5.89. The standard InChI is InChI=1S/C22H30N2O5/c1-21(2,3)29-20(26)23-12-19(25)24-13-15-10-17-18(28-9-8-27-17)11-16(15)22(14-24)6-4-5-7-22/h10-11H,4-9,12-14H2,1-3H3,(H,23,26). The Bertz CT molecular complexity index is 808. The smallest absolute Gasteiger partial charge is 0.408 e. The molecule has 0 saturated heterocycles. The van der Waals surface area contributed by atoms with E-state index in [1.807, 2.05) is 11.0 Å². The van der Waals surface area contributed by atoms with Gasteiger partial charge in [0.1, 0.15) is 25.4 Å². The van der Waals surface area contributed by atoms with Gasteiger partial charge in [0.05, 0.1) is 0 Å². The van der Waals surface area contributed by atoms with Gasteiger partial charge in [-0.2, -0.15) is 0 Å². The molecule has 1 fully saturated rings. The van der Waals surface area contributed by atoms with Crippen LogP contribution in [0.25, 0.3) is 0 Å². The summed E-state index contributed by atoms with van der Waals surface area (Å²) in [6, 6.07) is 4.17. The van der Waals surface area contributed by atoms with E-state index in [1.54, 1.807) is 20.8 Å². The fourth-order valence-electron chi connectivity index (χ4n) is 4.70. The summed E-state index contributed by atoms with van der Waals surface area (Å²) in [6.07, 6.45) is 3.86. The number of hydrogen-bond donors (Lipinski definition) is 1. The third-order valence-corrected chi connectivity index (χ3v) is 5.89. The van der Waals surface area contributed by atoms with Gasteiger partial charge in [-0.3, -0.25) is 4.79 Å². The van der Waals surface area contributed by atoms with Crippen LogP contribution in [0.15, 0.2) is 12.1 Å². The average Bonchev–Trinajstić information content (AvgIpc) is 3.12. The van der Waals surface area contributed by atoms with Crippen LogP contribution in [-0.4, -0.2) is 48.8 Å². The Morgan fingerprint density at radius 1 is 1.14 bits per heavy atom. The summed E-state index contributed by atoms with van der Waals surface area (Å²) >= 11 is 0. The van der Waals surface area contributed by atoms with E-state index in [2.05, 4.69) is 11.4 Å². The molecule has 7 heteroatoms. The van der Waals surface area contributed by atoms with Crippen LogP contribution in [0.5, 0.6) is 11.5 Å². The van der Waals surface area contributed by atoms with E-state index in [4.69, 9.17) is 14.2 Å². The minimum atomic E-state index is -0.591. The largest absolute Gasteiger partial charge is 0.486 e. The second-order valence-corrected chi connectivity index (χ2v) is 9.25. The molecule has 1 aromatic carbocycles. The Kier molecular flexibility index (Phi) is 5.09. The number of fused-ring (bicyclic) bond motifs is 3. The van der Waals surface area contributed by atoms with Crippen LogP contribution in [0.3, 0.4) is 0 Å². The molecule has 0 unspecified atom stereocenters. The molecule has 0 bridgehead atoms. The molecule has 1 spiro atoms. The van der Waals surface area contributed by atoms with Gasteiger partial charge in [0.2, 0.25) is 5.91 Å². The zero-order valence-electron chi connectivity index (χ0n) is 17.5. The molecular weight excluding hydrogens is 372 g/mol. The molecule has 2 amide bonds. The molecule has 0 aromatic heterocycles. The maximum absolute atomic E-state index is 12.9. The molecule has 1 aliphatic carbocycles. The molecule has 2 heterocycles. The molecule has 7 nitrogen and oxygen atoms in total. The van der Waals surface area contributed by atoms with Crippen molar-refractivity contribution in [2.24, 2.45) is 0 Å². The van der Waals surface area contributed by atoms with Crippen LogP contribution in [0.1, 0.15) is 57.6 Å². The van der Waals surface area contributed by atoms with Crippen LogP contribution in [-0.2, 0) is 21.5 Å². The monoisotopic (exact) mass is 402 g/mol. The van der Waals surface area contributed by atoms with Crippen LogP contribution in [0.4, 0.5) is 4.79 Å². The maximum atomic E-state index is 12.9. The second kappa shape index (κ2) is 7.43. The van der Waals surface area contributed by atoms with E-state index in [0.29, 0.717) is 26.3 Å². The van der Waals surface area contributed by atoms with Gasteiger partial charge in [-0.05, 0) is 56.9 Å². The van der Waals surface area contributed by atoms with E-state index in [0.717, 1.165) is 42.7 Å². The van der Waals surface area contributed by atoms with Crippen LogP contribution in [0, 0.1) is 0 Å². The number of benzene rings is 1. The van der Waals surface area contributed by atoms with Gasteiger partial charge in [-0.15, -0.1) is 0 Å². The first-order chi connectivity index (χ1) is 13.8. The SMILES string of the molecule is CC(C)(C)OC(=O)NCC(=O)N1Cc2cc3c(cc2C2(CCCC2)C1)OCCO3. The summed E-state index contributed by atoms with van der Waals surface area (Å²) in [4.78, 5) is 26.7. The van der Waals surface area contributed by atoms with Gasteiger partial charge in [-0.25, -0.2) is 4.79 Å². The molecule has 29 heavy (non-hydrogen) atoms. The molecule has 1 saturated carbocycles. The Morgan fingerprint density at radius 3 is 2.45 bits per heavy atom. The van der Waals surface area contributed by atoms with E-state index < -0.39 is 11.7 Å². The number of amides is 2. The lowest BCUT2D eigenvalue weighted by molar-refractivity contribution is -0.132. The van der Waals surface area contributed by atoms with E-state index in [9.17, 15) is 9.59 Å². The van der Waals surface area contributed by atoms with Crippen LogP contribution in [0.2, 0.25) is 0 Å².